The average molecular weight is 306 g/mol. The first-order valence-corrected chi connectivity index (χ1v) is 5.26. The van der Waals surface area contributed by atoms with Crippen LogP contribution in [0.2, 0.25) is 0 Å². The number of rotatable bonds is 4. The topological polar surface area (TPSA) is 46.5 Å². The summed E-state index contributed by atoms with van der Waals surface area (Å²) in [5.74, 6) is -0.935. The highest BCUT2D eigenvalue weighted by Gasteiger charge is 2.10. The monoisotopic (exact) mass is 306 g/mol. The average Bonchev–Trinajstić information content (AvgIpc) is 2.16. The Morgan fingerprint density at radius 3 is 2.57 bits per heavy atom. The highest BCUT2D eigenvalue weighted by atomic mass is 127. The van der Waals surface area contributed by atoms with E-state index in [4.69, 9.17) is 9.84 Å². The molecular weight excluding hydrogens is 295 g/mol. The van der Waals surface area contributed by atoms with Gasteiger partial charge in [0.1, 0.15) is 0 Å². The van der Waals surface area contributed by atoms with E-state index in [1.807, 2.05) is 24.3 Å². The van der Waals surface area contributed by atoms with Crippen molar-refractivity contribution >= 4 is 28.6 Å². The van der Waals surface area contributed by atoms with Crippen molar-refractivity contribution in [2.45, 2.75) is 19.6 Å². The zero-order chi connectivity index (χ0) is 10.6. The lowest BCUT2D eigenvalue weighted by atomic mass is 10.2. The first-order valence-electron chi connectivity index (χ1n) is 4.18. The lowest BCUT2D eigenvalue weighted by Gasteiger charge is -2.08. The van der Waals surface area contributed by atoms with Gasteiger partial charge in [0, 0.05) is 3.57 Å². The van der Waals surface area contributed by atoms with Gasteiger partial charge in [0.15, 0.2) is 6.10 Å². The third-order valence-electron chi connectivity index (χ3n) is 1.76. The number of benzene rings is 1. The summed E-state index contributed by atoms with van der Waals surface area (Å²) in [6, 6.07) is 7.78. The first kappa shape index (κ1) is 11.5. The van der Waals surface area contributed by atoms with E-state index in [9.17, 15) is 4.79 Å². The molecule has 0 aromatic heterocycles. The Morgan fingerprint density at radius 2 is 2.07 bits per heavy atom. The maximum absolute atomic E-state index is 10.4. The zero-order valence-corrected chi connectivity index (χ0v) is 9.89. The number of hydrogen-bond acceptors (Lipinski definition) is 2. The van der Waals surface area contributed by atoms with Crippen molar-refractivity contribution < 1.29 is 14.6 Å². The molecule has 0 unspecified atom stereocenters. The van der Waals surface area contributed by atoms with E-state index in [0.717, 1.165) is 9.13 Å². The molecule has 0 aliphatic carbocycles. The molecule has 0 amide bonds. The van der Waals surface area contributed by atoms with Crippen LogP contribution in [-0.2, 0) is 16.1 Å². The third-order valence-corrected chi connectivity index (χ3v) is 2.48. The minimum absolute atomic E-state index is 0.338. The summed E-state index contributed by atoms with van der Waals surface area (Å²) in [6.07, 6.45) is -0.755. The minimum Gasteiger partial charge on any atom is -0.479 e. The second-order valence-corrected chi connectivity index (χ2v) is 4.16. The van der Waals surface area contributed by atoms with Crippen LogP contribution in [0.15, 0.2) is 24.3 Å². The van der Waals surface area contributed by atoms with Gasteiger partial charge in [-0.05, 0) is 47.2 Å². The molecule has 0 heterocycles. The summed E-state index contributed by atoms with van der Waals surface area (Å²) in [4.78, 5) is 10.4. The van der Waals surface area contributed by atoms with E-state index in [2.05, 4.69) is 22.6 Å². The fourth-order valence-electron chi connectivity index (χ4n) is 0.873. The molecule has 76 valence electrons. The predicted molar refractivity (Wildman–Crippen MR) is 61.0 cm³/mol. The molecule has 0 bridgehead atoms. The molecule has 0 spiro atoms. The van der Waals surface area contributed by atoms with Crippen molar-refractivity contribution in [3.8, 4) is 0 Å². The molecule has 14 heavy (non-hydrogen) atoms. The van der Waals surface area contributed by atoms with Gasteiger partial charge in [-0.25, -0.2) is 4.79 Å². The highest BCUT2D eigenvalue weighted by molar-refractivity contribution is 14.1. The molecule has 1 N–H and O–H groups in total. The van der Waals surface area contributed by atoms with Crippen LogP contribution in [0.5, 0.6) is 0 Å². The number of carbonyl (C=O) groups is 1. The number of carboxylic acids is 1. The highest BCUT2D eigenvalue weighted by Crippen LogP contribution is 2.08. The van der Waals surface area contributed by atoms with E-state index in [-0.39, 0.29) is 0 Å². The van der Waals surface area contributed by atoms with Crippen LogP contribution in [0.1, 0.15) is 12.5 Å². The van der Waals surface area contributed by atoms with Crippen molar-refractivity contribution in [1.82, 2.24) is 0 Å². The van der Waals surface area contributed by atoms with Gasteiger partial charge in [0.05, 0.1) is 6.61 Å². The van der Waals surface area contributed by atoms with Crippen LogP contribution in [0.25, 0.3) is 0 Å². The van der Waals surface area contributed by atoms with Gasteiger partial charge < -0.3 is 9.84 Å². The van der Waals surface area contributed by atoms with Gasteiger partial charge in [-0.2, -0.15) is 0 Å². The van der Waals surface area contributed by atoms with Crippen LogP contribution in [0.3, 0.4) is 0 Å². The number of aliphatic carboxylic acids is 1. The van der Waals surface area contributed by atoms with Gasteiger partial charge in [0.2, 0.25) is 0 Å². The summed E-state index contributed by atoms with van der Waals surface area (Å²) in [5.41, 5.74) is 0.985. The standard InChI is InChI=1S/C10H11IO3/c1-7(10(12)13)14-6-8-2-4-9(11)5-3-8/h2-5,7H,6H2,1H3,(H,12,13)/t7-/m1/s1. The van der Waals surface area contributed by atoms with E-state index >= 15 is 0 Å². The van der Waals surface area contributed by atoms with E-state index in [1.165, 1.54) is 6.92 Å². The molecule has 0 saturated heterocycles. The van der Waals surface area contributed by atoms with Crippen molar-refractivity contribution in [1.29, 1.82) is 0 Å². The zero-order valence-electron chi connectivity index (χ0n) is 7.74. The van der Waals surface area contributed by atoms with E-state index < -0.39 is 12.1 Å². The Labute approximate surface area is 96.2 Å². The van der Waals surface area contributed by atoms with Crippen LogP contribution in [0, 0.1) is 3.57 Å². The summed E-state index contributed by atoms with van der Waals surface area (Å²) in [5, 5.41) is 8.58. The van der Waals surface area contributed by atoms with E-state index in [1.54, 1.807) is 0 Å². The first-order chi connectivity index (χ1) is 6.59. The Bertz CT molecular complexity index is 308. The molecule has 1 aromatic carbocycles. The molecule has 0 aliphatic heterocycles. The van der Waals surface area contributed by atoms with Gasteiger partial charge >= 0.3 is 5.97 Å². The van der Waals surface area contributed by atoms with Gasteiger partial charge in [-0.15, -0.1) is 0 Å². The summed E-state index contributed by atoms with van der Waals surface area (Å²) in [6.45, 7) is 1.86. The molecule has 1 rings (SSSR count). The second kappa shape index (κ2) is 5.31. The van der Waals surface area contributed by atoms with Gasteiger partial charge in [-0.3, -0.25) is 0 Å². The lowest BCUT2D eigenvalue weighted by Crippen LogP contribution is -2.19. The third kappa shape index (κ3) is 3.63. The maximum Gasteiger partial charge on any atom is 0.332 e. The van der Waals surface area contributed by atoms with Crippen LogP contribution >= 0.6 is 22.6 Å². The normalized spacial score (nSPS) is 12.4. The van der Waals surface area contributed by atoms with Crippen molar-refractivity contribution in [3.05, 3.63) is 33.4 Å². The minimum atomic E-state index is -0.935. The second-order valence-electron chi connectivity index (χ2n) is 2.92. The summed E-state index contributed by atoms with van der Waals surface area (Å²) >= 11 is 2.21. The summed E-state index contributed by atoms with van der Waals surface area (Å²) < 4.78 is 6.28. The molecule has 1 aromatic rings. The van der Waals surface area contributed by atoms with Gasteiger partial charge in [0.25, 0.3) is 0 Å². The summed E-state index contributed by atoms with van der Waals surface area (Å²) in [7, 11) is 0. The smallest absolute Gasteiger partial charge is 0.332 e. The molecule has 3 nitrogen and oxygen atoms in total. The Hall–Kier alpha value is -0.620. The fraction of sp³-hybridized carbons (Fsp3) is 0.300. The Morgan fingerprint density at radius 1 is 1.50 bits per heavy atom. The van der Waals surface area contributed by atoms with Crippen LogP contribution in [-0.4, -0.2) is 17.2 Å². The molecule has 0 saturated carbocycles. The lowest BCUT2D eigenvalue weighted by molar-refractivity contribution is -0.149. The number of hydrogen-bond donors (Lipinski definition) is 1. The van der Waals surface area contributed by atoms with Crippen LogP contribution in [0.4, 0.5) is 0 Å². The number of carboxylic acid groups (broad SMARTS) is 1. The molecular formula is C10H11IO3. The molecule has 4 heteroatoms. The number of halogens is 1. The number of ether oxygens (including phenoxy) is 1. The van der Waals surface area contributed by atoms with Crippen molar-refractivity contribution in [2.75, 3.05) is 0 Å². The predicted octanol–water partition coefficient (Wildman–Crippen LogP) is 2.28. The molecule has 0 aliphatic rings. The maximum atomic E-state index is 10.4. The van der Waals surface area contributed by atoms with E-state index in [0.29, 0.717) is 6.61 Å². The SMILES string of the molecule is C[C@@H](OCc1ccc(I)cc1)C(=O)O. The van der Waals surface area contributed by atoms with Crippen LogP contribution < -0.4 is 0 Å². The van der Waals surface area contributed by atoms with Gasteiger partial charge in [-0.1, -0.05) is 12.1 Å². The quantitative estimate of drug-likeness (QED) is 0.868. The Kier molecular flexibility index (Phi) is 4.34. The largest absolute Gasteiger partial charge is 0.479 e. The molecule has 1 atom stereocenters. The fourth-order valence-corrected chi connectivity index (χ4v) is 1.23. The van der Waals surface area contributed by atoms with Crippen molar-refractivity contribution in [2.24, 2.45) is 0 Å². The molecule has 0 fully saturated rings. The Balaban J connectivity index is 2.46. The van der Waals surface area contributed by atoms with Crippen molar-refractivity contribution in [3.63, 3.8) is 0 Å². The molecule has 0 radical (unpaired) electrons.